The molecule has 1 aliphatic rings. The molecule has 2 rings (SSSR count). The maximum Gasteiger partial charge on any atom is 0.322 e. The molecule has 2 amide bonds. The average molecular weight is 477 g/mol. The highest BCUT2D eigenvalue weighted by atomic mass is 35.5. The number of urea groups is 1. The van der Waals surface area contributed by atoms with Gasteiger partial charge in [0.1, 0.15) is 6.61 Å². The zero-order valence-corrected chi connectivity index (χ0v) is 20.0. The van der Waals surface area contributed by atoms with Gasteiger partial charge in [0.15, 0.2) is 11.6 Å². The fraction of sp³-hybridized carbons (Fsp3) is 0.360. The number of allylic oxidation sites excluding steroid dienone is 4. The number of hydrogen-bond donors (Lipinski definition) is 2. The van der Waals surface area contributed by atoms with Crippen LogP contribution in [0.1, 0.15) is 39.7 Å². The first-order chi connectivity index (χ1) is 15.6. The van der Waals surface area contributed by atoms with Crippen LogP contribution in [-0.2, 0) is 16.1 Å². The molecule has 8 heteroatoms. The third-order valence-corrected chi connectivity index (χ3v) is 5.48. The fourth-order valence-corrected chi connectivity index (χ4v) is 3.63. The molecule has 2 N–H and O–H groups in total. The highest BCUT2D eigenvalue weighted by molar-refractivity contribution is 6.31. The van der Waals surface area contributed by atoms with Crippen molar-refractivity contribution in [3.8, 4) is 0 Å². The molecule has 1 atom stereocenters. The standard InChI is InChI=1S/C25H30ClFN2O4/c1-5-21(27)23(33-16-18-9-7-6-8-10-18)20(26)11-13-25(4)19(17(2)3)15-29(24(32)28-25)14-12-22(30)31/h5-11,13,15,17H,12,14,16H2,1-4H3,(H,28,32)(H,30,31)/b13-11+,21-5+,23-20-/t25-/m0/s1. The summed E-state index contributed by atoms with van der Waals surface area (Å²) in [6, 6.07) is 8.91. The summed E-state index contributed by atoms with van der Waals surface area (Å²) in [5, 5.41) is 11.9. The Morgan fingerprint density at radius 2 is 2.00 bits per heavy atom. The largest absolute Gasteiger partial charge is 0.484 e. The number of nitrogens with zero attached hydrogens (tertiary/aromatic N) is 1. The molecule has 6 nitrogen and oxygen atoms in total. The van der Waals surface area contributed by atoms with Gasteiger partial charge in [-0.05, 0) is 43.1 Å². The van der Waals surface area contributed by atoms with Crippen LogP contribution in [-0.4, -0.2) is 34.1 Å². The summed E-state index contributed by atoms with van der Waals surface area (Å²) in [6.07, 6.45) is 5.96. The number of carbonyl (C=O) groups is 2. The maximum absolute atomic E-state index is 14.5. The van der Waals surface area contributed by atoms with Crippen LogP contribution in [0.25, 0.3) is 0 Å². The lowest BCUT2D eigenvalue weighted by Crippen LogP contribution is -2.55. The second-order valence-electron chi connectivity index (χ2n) is 8.13. The Hall–Kier alpha value is -3.06. The molecule has 0 spiro atoms. The van der Waals surface area contributed by atoms with Gasteiger partial charge in [-0.15, -0.1) is 0 Å². The van der Waals surface area contributed by atoms with Gasteiger partial charge in [-0.2, -0.15) is 0 Å². The molecule has 0 fully saturated rings. The van der Waals surface area contributed by atoms with E-state index in [0.717, 1.165) is 11.1 Å². The van der Waals surface area contributed by atoms with Crippen molar-refractivity contribution in [2.45, 2.75) is 46.3 Å². The summed E-state index contributed by atoms with van der Waals surface area (Å²) in [6.45, 7) is 7.49. The Morgan fingerprint density at radius 3 is 2.58 bits per heavy atom. The Morgan fingerprint density at radius 1 is 1.33 bits per heavy atom. The Labute approximate surface area is 199 Å². The normalized spacial score (nSPS) is 20.0. The number of rotatable bonds is 10. The minimum atomic E-state index is -0.985. The summed E-state index contributed by atoms with van der Waals surface area (Å²) < 4.78 is 20.2. The third-order valence-electron chi connectivity index (χ3n) is 5.19. The van der Waals surface area contributed by atoms with Gasteiger partial charge in [0.05, 0.1) is 17.0 Å². The SMILES string of the molecule is C\C=C(F)/C(OCc1ccccc1)=C(Cl)\C=C\[C@]1(C)NC(=O)N(CCC(=O)O)C=C1C(C)C. The van der Waals surface area contributed by atoms with Crippen molar-refractivity contribution >= 4 is 23.6 Å². The molecular formula is C25H30ClFN2O4. The van der Waals surface area contributed by atoms with Gasteiger partial charge in [-0.1, -0.05) is 61.9 Å². The van der Waals surface area contributed by atoms with Crippen LogP contribution in [0.3, 0.4) is 0 Å². The third kappa shape index (κ3) is 7.22. The molecule has 1 aromatic carbocycles. The van der Waals surface area contributed by atoms with E-state index in [9.17, 15) is 14.0 Å². The van der Waals surface area contributed by atoms with Crippen LogP contribution in [0.15, 0.2) is 77.0 Å². The summed E-state index contributed by atoms with van der Waals surface area (Å²) in [5.41, 5.74) is 0.819. The van der Waals surface area contributed by atoms with Gasteiger partial charge in [0.2, 0.25) is 0 Å². The number of carboxylic acid groups (broad SMARTS) is 1. The van der Waals surface area contributed by atoms with Crippen LogP contribution in [0.4, 0.5) is 9.18 Å². The van der Waals surface area contributed by atoms with Gasteiger partial charge >= 0.3 is 12.0 Å². The van der Waals surface area contributed by atoms with Crippen LogP contribution in [0.5, 0.6) is 0 Å². The number of benzene rings is 1. The minimum Gasteiger partial charge on any atom is -0.484 e. The van der Waals surface area contributed by atoms with Gasteiger partial charge in [0, 0.05) is 12.7 Å². The highest BCUT2D eigenvalue weighted by Gasteiger charge is 2.36. The number of aliphatic carboxylic acids is 1. The van der Waals surface area contributed by atoms with Gasteiger partial charge in [-0.25, -0.2) is 9.18 Å². The predicted octanol–water partition coefficient (Wildman–Crippen LogP) is 5.88. The predicted molar refractivity (Wildman–Crippen MR) is 127 cm³/mol. The van der Waals surface area contributed by atoms with Crippen LogP contribution in [0, 0.1) is 5.92 Å². The Balaban J connectivity index is 2.32. The molecule has 1 aromatic rings. The van der Waals surface area contributed by atoms with Crippen LogP contribution in [0.2, 0.25) is 0 Å². The second kappa shape index (κ2) is 11.7. The number of halogens is 2. The lowest BCUT2D eigenvalue weighted by Gasteiger charge is -2.40. The zero-order valence-electron chi connectivity index (χ0n) is 19.3. The monoisotopic (exact) mass is 476 g/mol. The molecule has 0 aliphatic carbocycles. The Bertz CT molecular complexity index is 985. The van der Waals surface area contributed by atoms with Crippen molar-refractivity contribution in [1.29, 1.82) is 0 Å². The van der Waals surface area contributed by atoms with Crippen molar-refractivity contribution < 1.29 is 23.8 Å². The van der Waals surface area contributed by atoms with Crippen molar-refractivity contribution in [1.82, 2.24) is 10.2 Å². The first kappa shape index (κ1) is 26.2. The minimum absolute atomic E-state index is 0.0383. The molecule has 0 saturated carbocycles. The van der Waals surface area contributed by atoms with E-state index < -0.39 is 23.4 Å². The molecule has 0 bridgehead atoms. The van der Waals surface area contributed by atoms with Crippen LogP contribution >= 0.6 is 11.6 Å². The van der Waals surface area contributed by atoms with E-state index in [1.807, 2.05) is 51.1 Å². The van der Waals surface area contributed by atoms with E-state index in [1.165, 1.54) is 17.1 Å². The smallest absolute Gasteiger partial charge is 0.322 e. The Kier molecular flexibility index (Phi) is 9.29. The number of nitrogens with one attached hydrogen (secondary N) is 1. The molecule has 0 radical (unpaired) electrons. The first-order valence-electron chi connectivity index (χ1n) is 10.7. The summed E-state index contributed by atoms with van der Waals surface area (Å²) in [7, 11) is 0. The summed E-state index contributed by atoms with van der Waals surface area (Å²) in [4.78, 5) is 24.8. The number of amides is 2. The topological polar surface area (TPSA) is 78.9 Å². The molecule has 0 unspecified atom stereocenters. The van der Waals surface area contributed by atoms with E-state index in [1.54, 1.807) is 19.2 Å². The molecule has 1 heterocycles. The number of carboxylic acids is 1. The average Bonchev–Trinajstić information content (AvgIpc) is 2.77. The summed E-state index contributed by atoms with van der Waals surface area (Å²) >= 11 is 6.42. The molecule has 33 heavy (non-hydrogen) atoms. The zero-order chi connectivity index (χ0) is 24.6. The lowest BCUT2D eigenvalue weighted by molar-refractivity contribution is -0.137. The number of hydrogen-bond acceptors (Lipinski definition) is 3. The van der Waals surface area contributed by atoms with E-state index in [-0.39, 0.29) is 36.3 Å². The maximum atomic E-state index is 14.5. The van der Waals surface area contributed by atoms with E-state index in [0.29, 0.717) is 0 Å². The molecule has 178 valence electrons. The van der Waals surface area contributed by atoms with E-state index in [4.69, 9.17) is 21.4 Å². The van der Waals surface area contributed by atoms with Gasteiger partial charge in [0.25, 0.3) is 0 Å². The fourth-order valence-electron chi connectivity index (χ4n) is 3.42. The van der Waals surface area contributed by atoms with Crippen molar-refractivity contribution in [3.63, 3.8) is 0 Å². The van der Waals surface area contributed by atoms with Gasteiger partial charge < -0.3 is 20.1 Å². The first-order valence-corrected chi connectivity index (χ1v) is 11.1. The van der Waals surface area contributed by atoms with Gasteiger partial charge in [-0.3, -0.25) is 4.79 Å². The van der Waals surface area contributed by atoms with E-state index >= 15 is 0 Å². The van der Waals surface area contributed by atoms with Crippen molar-refractivity contribution in [3.05, 3.63) is 82.5 Å². The highest BCUT2D eigenvalue weighted by Crippen LogP contribution is 2.31. The summed E-state index contributed by atoms with van der Waals surface area (Å²) in [5.74, 6) is -1.64. The van der Waals surface area contributed by atoms with Crippen molar-refractivity contribution in [2.24, 2.45) is 5.92 Å². The van der Waals surface area contributed by atoms with Crippen molar-refractivity contribution in [2.75, 3.05) is 6.54 Å². The second-order valence-corrected chi connectivity index (χ2v) is 8.54. The number of ether oxygens (including phenoxy) is 1. The quantitative estimate of drug-likeness (QED) is 0.326. The van der Waals surface area contributed by atoms with E-state index in [2.05, 4.69) is 5.32 Å². The van der Waals surface area contributed by atoms with Crippen LogP contribution < -0.4 is 5.32 Å². The molecule has 1 aliphatic heterocycles. The lowest BCUT2D eigenvalue weighted by atomic mass is 9.83. The molecule has 0 aromatic heterocycles. The molecule has 0 saturated heterocycles. The molecular weight excluding hydrogens is 447 g/mol. The number of carbonyl (C=O) groups excluding carboxylic acids is 1.